The lowest BCUT2D eigenvalue weighted by Crippen LogP contribution is -2.51. The van der Waals surface area contributed by atoms with Gasteiger partial charge in [-0.1, -0.05) is 0 Å². The van der Waals surface area contributed by atoms with Gasteiger partial charge in [0.25, 0.3) is 5.91 Å². The lowest BCUT2D eigenvalue weighted by atomic mass is 9.83. The summed E-state index contributed by atoms with van der Waals surface area (Å²) in [6.07, 6.45) is 6.08. The number of hydrogen-bond donors (Lipinski definition) is 3. The molecule has 8 nitrogen and oxygen atoms in total. The Hall–Kier alpha value is -2.34. The SMILES string of the molecule is CCOC(=O)C1CCC(Oc2cc(C(=O)N[C@@H]3[C@H]4CC[C@H](C4)[C@@H]3C(=O)NC(C)C)c(NC)cc2P)CC1. The summed E-state index contributed by atoms with van der Waals surface area (Å²) in [6, 6.07) is 3.62. The topological polar surface area (TPSA) is 106 Å². The van der Waals surface area contributed by atoms with Crippen LogP contribution in [0.5, 0.6) is 5.75 Å². The second kappa shape index (κ2) is 12.0. The highest BCUT2D eigenvalue weighted by molar-refractivity contribution is 7.27. The monoisotopic (exact) mass is 531 g/mol. The lowest BCUT2D eigenvalue weighted by molar-refractivity contribution is -0.149. The molecule has 4 rings (SSSR count). The van der Waals surface area contributed by atoms with E-state index in [1.165, 1.54) is 0 Å². The minimum absolute atomic E-state index is 0.0176. The van der Waals surface area contributed by atoms with E-state index in [0.717, 1.165) is 50.3 Å². The fraction of sp³-hybridized carbons (Fsp3) is 0.679. The minimum atomic E-state index is -0.190. The number of hydrogen-bond acceptors (Lipinski definition) is 6. The summed E-state index contributed by atoms with van der Waals surface area (Å²) in [4.78, 5) is 38.6. The van der Waals surface area contributed by atoms with Crippen LogP contribution in [0.2, 0.25) is 0 Å². The molecule has 0 saturated heterocycles. The van der Waals surface area contributed by atoms with Crippen molar-refractivity contribution in [1.82, 2.24) is 10.6 Å². The Labute approximate surface area is 222 Å². The highest BCUT2D eigenvalue weighted by Crippen LogP contribution is 2.48. The number of esters is 1. The van der Waals surface area contributed by atoms with Crippen molar-refractivity contribution in [2.75, 3.05) is 19.0 Å². The average molecular weight is 532 g/mol. The zero-order valence-electron chi connectivity index (χ0n) is 22.5. The minimum Gasteiger partial charge on any atom is -0.490 e. The Morgan fingerprint density at radius 1 is 1.05 bits per heavy atom. The molecule has 1 aromatic rings. The summed E-state index contributed by atoms with van der Waals surface area (Å²) < 4.78 is 11.5. The van der Waals surface area contributed by atoms with Crippen molar-refractivity contribution in [2.45, 2.75) is 83.9 Å². The van der Waals surface area contributed by atoms with Crippen LogP contribution in [0.1, 0.15) is 76.1 Å². The number of carbonyl (C=O) groups excluding carboxylic acids is 3. The van der Waals surface area contributed by atoms with Crippen molar-refractivity contribution < 1.29 is 23.9 Å². The molecular formula is C28H42N3O5P. The van der Waals surface area contributed by atoms with Crippen molar-refractivity contribution in [3.63, 3.8) is 0 Å². The predicted octanol–water partition coefficient (Wildman–Crippen LogP) is 3.40. The fourth-order valence-electron chi connectivity index (χ4n) is 6.44. The van der Waals surface area contributed by atoms with E-state index in [4.69, 9.17) is 9.47 Å². The maximum Gasteiger partial charge on any atom is 0.308 e. The molecule has 2 bridgehead atoms. The van der Waals surface area contributed by atoms with Gasteiger partial charge in [0.2, 0.25) is 5.91 Å². The molecule has 0 aromatic heterocycles. The molecule has 3 fully saturated rings. The molecule has 3 saturated carbocycles. The molecular weight excluding hydrogens is 489 g/mol. The van der Waals surface area contributed by atoms with Crippen molar-refractivity contribution in [1.29, 1.82) is 0 Å². The van der Waals surface area contributed by atoms with Crippen LogP contribution in [0.25, 0.3) is 0 Å². The van der Waals surface area contributed by atoms with Crippen LogP contribution in [0, 0.1) is 23.7 Å². The van der Waals surface area contributed by atoms with E-state index in [2.05, 4.69) is 25.2 Å². The molecule has 1 unspecified atom stereocenters. The van der Waals surface area contributed by atoms with Crippen LogP contribution < -0.4 is 26.0 Å². The summed E-state index contributed by atoms with van der Waals surface area (Å²) in [7, 11) is 4.49. The fourth-order valence-corrected chi connectivity index (χ4v) is 6.75. The van der Waals surface area contributed by atoms with Gasteiger partial charge in [-0.2, -0.15) is 0 Å². The van der Waals surface area contributed by atoms with Crippen LogP contribution in [0.4, 0.5) is 5.69 Å². The molecule has 0 heterocycles. The third kappa shape index (κ3) is 6.22. The molecule has 37 heavy (non-hydrogen) atoms. The summed E-state index contributed by atoms with van der Waals surface area (Å²) in [5.41, 5.74) is 1.22. The third-order valence-electron chi connectivity index (χ3n) is 8.20. The van der Waals surface area contributed by atoms with E-state index in [9.17, 15) is 14.4 Å². The second-order valence-corrected chi connectivity index (χ2v) is 11.7. The van der Waals surface area contributed by atoms with Crippen LogP contribution in [-0.4, -0.2) is 49.6 Å². The Bertz CT molecular complexity index is 1010. The van der Waals surface area contributed by atoms with Crippen molar-refractivity contribution in [3.8, 4) is 5.75 Å². The summed E-state index contributed by atoms with van der Waals surface area (Å²) in [6.45, 7) is 6.16. The normalized spacial score (nSPS) is 28.6. The van der Waals surface area contributed by atoms with Crippen molar-refractivity contribution in [2.24, 2.45) is 23.7 Å². The maximum absolute atomic E-state index is 13.6. The summed E-state index contributed by atoms with van der Waals surface area (Å²) in [5.74, 6) is 0.799. The third-order valence-corrected chi connectivity index (χ3v) is 8.65. The number of nitrogens with one attached hydrogen (secondary N) is 3. The van der Waals surface area contributed by atoms with Gasteiger partial charge in [0.05, 0.1) is 30.1 Å². The molecule has 5 atom stereocenters. The van der Waals surface area contributed by atoms with Gasteiger partial charge in [-0.15, -0.1) is 9.24 Å². The zero-order valence-corrected chi connectivity index (χ0v) is 23.6. The Balaban J connectivity index is 1.46. The van der Waals surface area contributed by atoms with Crippen molar-refractivity contribution >= 4 is 38.0 Å². The van der Waals surface area contributed by atoms with Gasteiger partial charge in [-0.25, -0.2) is 0 Å². The molecule has 0 radical (unpaired) electrons. The van der Waals surface area contributed by atoms with E-state index < -0.39 is 0 Å². The van der Waals surface area contributed by atoms with Gasteiger partial charge in [0, 0.05) is 30.1 Å². The number of rotatable bonds is 9. The second-order valence-electron chi connectivity index (χ2n) is 11.1. The first-order chi connectivity index (χ1) is 17.7. The molecule has 3 aliphatic rings. The van der Waals surface area contributed by atoms with Gasteiger partial charge in [-0.05, 0) is 89.7 Å². The van der Waals surface area contributed by atoms with Gasteiger partial charge in [-0.3, -0.25) is 14.4 Å². The quantitative estimate of drug-likeness (QED) is 0.333. The van der Waals surface area contributed by atoms with E-state index >= 15 is 0 Å². The maximum atomic E-state index is 13.6. The van der Waals surface area contributed by atoms with Crippen LogP contribution >= 0.6 is 9.24 Å². The van der Waals surface area contributed by atoms with Crippen molar-refractivity contribution in [3.05, 3.63) is 17.7 Å². The van der Waals surface area contributed by atoms with E-state index in [1.807, 2.05) is 26.8 Å². The van der Waals surface area contributed by atoms with E-state index in [0.29, 0.717) is 35.4 Å². The number of ether oxygens (including phenoxy) is 2. The Kier molecular flexibility index (Phi) is 8.99. The molecule has 3 N–H and O–H groups in total. The van der Waals surface area contributed by atoms with Gasteiger partial charge in [0.1, 0.15) is 5.75 Å². The highest BCUT2D eigenvalue weighted by Gasteiger charge is 2.51. The van der Waals surface area contributed by atoms with Crippen LogP contribution in [0.15, 0.2) is 12.1 Å². The number of amides is 2. The molecule has 0 spiro atoms. The first-order valence-electron chi connectivity index (χ1n) is 13.8. The molecule has 9 heteroatoms. The largest absolute Gasteiger partial charge is 0.490 e. The average Bonchev–Trinajstić information content (AvgIpc) is 3.47. The number of benzene rings is 1. The number of anilines is 1. The molecule has 204 valence electrons. The molecule has 0 aliphatic heterocycles. The molecule has 3 aliphatic carbocycles. The first-order valence-corrected chi connectivity index (χ1v) is 14.3. The lowest BCUT2D eigenvalue weighted by Gasteiger charge is -2.32. The summed E-state index contributed by atoms with van der Waals surface area (Å²) >= 11 is 0. The predicted molar refractivity (Wildman–Crippen MR) is 147 cm³/mol. The highest BCUT2D eigenvalue weighted by atomic mass is 31.0. The van der Waals surface area contributed by atoms with Gasteiger partial charge in [0.15, 0.2) is 0 Å². The Morgan fingerprint density at radius 3 is 2.41 bits per heavy atom. The number of fused-ring (bicyclic) bond motifs is 2. The zero-order chi connectivity index (χ0) is 26.7. The number of carbonyl (C=O) groups is 3. The van der Waals surface area contributed by atoms with Crippen LogP contribution in [0.3, 0.4) is 0 Å². The summed E-state index contributed by atoms with van der Waals surface area (Å²) in [5, 5.41) is 10.3. The van der Waals surface area contributed by atoms with Crippen LogP contribution in [-0.2, 0) is 14.3 Å². The molecule has 2 amide bonds. The smallest absolute Gasteiger partial charge is 0.308 e. The van der Waals surface area contributed by atoms with Gasteiger partial charge < -0.3 is 25.4 Å². The first kappa shape index (κ1) is 27.7. The molecule has 1 aromatic carbocycles. The van der Waals surface area contributed by atoms with E-state index in [1.54, 1.807) is 13.1 Å². The standard InChI is InChI=1S/C28H42N3O5P/c1-5-35-28(34)16-8-10-19(11-9-16)36-22-13-20(21(29-4)14-23(22)37)26(32)31-25-18-7-6-17(12-18)24(25)27(33)30-15(2)3/h13-19,24-25,29H,5-12,37H2,1-4H3,(H,30,33)(H,31,32)/t16?,17-,18+,19?,24+,25-/m1/s1. The van der Waals surface area contributed by atoms with Gasteiger partial charge >= 0.3 is 5.97 Å². The van der Waals surface area contributed by atoms with E-state index in [-0.39, 0.29) is 47.8 Å². The Morgan fingerprint density at radius 2 is 1.76 bits per heavy atom.